The first-order valence-corrected chi connectivity index (χ1v) is 14.6. The second kappa shape index (κ2) is 9.50. The first kappa shape index (κ1) is 26.1. The van der Waals surface area contributed by atoms with Crippen LogP contribution in [0.5, 0.6) is 11.5 Å². The van der Waals surface area contributed by atoms with Gasteiger partial charge in [0, 0.05) is 55.5 Å². The number of hydrogen-bond donors (Lipinski definition) is 0. The Morgan fingerprint density at radius 1 is 1.21 bits per heavy atom. The quantitative estimate of drug-likeness (QED) is 0.570. The molecule has 0 radical (unpaired) electrons. The molecule has 0 N–H and O–H groups in total. The van der Waals surface area contributed by atoms with Gasteiger partial charge in [0.25, 0.3) is 0 Å². The molecule has 1 aromatic carbocycles. The third kappa shape index (κ3) is 3.85. The Morgan fingerprint density at radius 2 is 1.95 bits per heavy atom. The Morgan fingerprint density at radius 3 is 2.59 bits per heavy atom. The van der Waals surface area contributed by atoms with Gasteiger partial charge in [-0.25, -0.2) is 4.79 Å². The van der Waals surface area contributed by atoms with Crippen LogP contribution in [0.2, 0.25) is 0 Å². The average molecular weight is 552 g/mol. The minimum atomic E-state index is -0.414. The van der Waals surface area contributed by atoms with Crippen molar-refractivity contribution in [1.29, 1.82) is 0 Å². The van der Waals surface area contributed by atoms with E-state index in [9.17, 15) is 9.59 Å². The van der Waals surface area contributed by atoms with E-state index in [4.69, 9.17) is 9.47 Å². The number of ether oxygens (including phenoxy) is 2. The number of aryl methyl sites for hydroxylation is 2. The van der Waals surface area contributed by atoms with E-state index in [1.165, 1.54) is 5.56 Å². The van der Waals surface area contributed by atoms with Crippen LogP contribution < -0.4 is 9.47 Å². The van der Waals surface area contributed by atoms with Crippen LogP contribution in [-0.4, -0.2) is 81.1 Å². The number of rotatable bonds is 4. The molecule has 0 bridgehead atoms. The van der Waals surface area contributed by atoms with E-state index in [2.05, 4.69) is 25.0 Å². The highest BCUT2D eigenvalue weighted by Gasteiger charge is 2.55. The number of thioether (sulfide) groups is 1. The molecule has 1 aromatic heterocycles. The summed E-state index contributed by atoms with van der Waals surface area (Å²) in [4.78, 5) is 33.5. The van der Waals surface area contributed by atoms with Gasteiger partial charge in [0.15, 0.2) is 0 Å². The first-order valence-electron chi connectivity index (χ1n) is 13.8. The number of urea groups is 1. The second-order valence-corrected chi connectivity index (χ2v) is 12.2. The lowest BCUT2D eigenvalue weighted by atomic mass is 9.82. The smallest absolute Gasteiger partial charge is 0.325 e. The molecule has 1 spiro atoms. The van der Waals surface area contributed by atoms with Crippen molar-refractivity contribution in [3.05, 3.63) is 46.3 Å². The van der Waals surface area contributed by atoms with Gasteiger partial charge in [-0.05, 0) is 44.7 Å². The van der Waals surface area contributed by atoms with Crippen LogP contribution in [0.15, 0.2) is 28.9 Å². The number of fused-ring (bicyclic) bond motifs is 4. The highest BCUT2D eigenvalue weighted by molar-refractivity contribution is 8.00. The molecule has 208 valence electrons. The van der Waals surface area contributed by atoms with Gasteiger partial charge in [-0.15, -0.1) is 0 Å². The maximum Gasteiger partial charge on any atom is 0.325 e. The van der Waals surface area contributed by atoms with Crippen molar-refractivity contribution in [2.45, 2.75) is 68.3 Å². The van der Waals surface area contributed by atoms with Crippen molar-refractivity contribution in [1.82, 2.24) is 24.5 Å². The zero-order chi connectivity index (χ0) is 27.6. The fourth-order valence-corrected chi connectivity index (χ4v) is 8.46. The zero-order valence-corrected chi connectivity index (χ0v) is 24.4. The number of piperidine rings is 1. The van der Waals surface area contributed by atoms with Crippen molar-refractivity contribution < 1.29 is 19.1 Å². The molecule has 2 fully saturated rings. The maximum atomic E-state index is 13.9. The van der Waals surface area contributed by atoms with Crippen molar-refractivity contribution in [2.75, 3.05) is 33.9 Å². The summed E-state index contributed by atoms with van der Waals surface area (Å²) in [5.41, 5.74) is 5.01. The Hall–Kier alpha value is -3.14. The van der Waals surface area contributed by atoms with Gasteiger partial charge in [-0.3, -0.25) is 14.4 Å². The number of nitrogens with zero attached hydrogens (tertiary/aromatic N) is 5. The number of amides is 3. The summed E-state index contributed by atoms with van der Waals surface area (Å²) in [6.07, 6.45) is 4.45. The molecule has 1 unspecified atom stereocenters. The van der Waals surface area contributed by atoms with E-state index in [1.807, 2.05) is 45.5 Å². The van der Waals surface area contributed by atoms with E-state index in [1.54, 1.807) is 26.0 Å². The van der Waals surface area contributed by atoms with Gasteiger partial charge in [0.1, 0.15) is 11.5 Å². The van der Waals surface area contributed by atoms with Crippen LogP contribution in [0.3, 0.4) is 0 Å². The van der Waals surface area contributed by atoms with Gasteiger partial charge in [-0.2, -0.15) is 5.10 Å². The lowest BCUT2D eigenvalue weighted by Gasteiger charge is -2.44. The van der Waals surface area contributed by atoms with E-state index < -0.39 is 5.54 Å². The topological polar surface area (TPSA) is 80.1 Å². The fourth-order valence-electron chi connectivity index (χ4n) is 7.13. The Bertz CT molecular complexity index is 1350. The maximum absolute atomic E-state index is 13.9. The predicted octanol–water partition coefficient (Wildman–Crippen LogP) is 4.08. The van der Waals surface area contributed by atoms with E-state index in [0.717, 1.165) is 58.3 Å². The van der Waals surface area contributed by atoms with Crippen molar-refractivity contribution in [3.8, 4) is 11.5 Å². The summed E-state index contributed by atoms with van der Waals surface area (Å²) < 4.78 is 13.2. The number of likely N-dealkylation sites (N-methyl/N-ethyl adjacent to an activating group) is 1. The largest absolute Gasteiger partial charge is 0.497 e. The standard InChI is InChI=1S/C29H37N5O4S/c1-7-34-28(36)33-16-19-13-20(37-5)14-22(38-6)25(19)17(2)12-24(33)29(34)8-10-32(11-9-29)26(35)23-15-21-18(3)30-31(4)27(21)39-23/h12-14,17,23H,7-11,15-16H2,1-6H3/t17-,23?/m1/s1. The summed E-state index contributed by atoms with van der Waals surface area (Å²) in [5.74, 6) is 1.76. The summed E-state index contributed by atoms with van der Waals surface area (Å²) in [6.45, 7) is 8.61. The molecular formula is C29H37N5O4S. The second-order valence-electron chi connectivity index (χ2n) is 11.0. The van der Waals surface area contributed by atoms with Gasteiger partial charge < -0.3 is 19.3 Å². The lowest BCUT2D eigenvalue weighted by Crippen LogP contribution is -2.55. The predicted molar refractivity (Wildman–Crippen MR) is 149 cm³/mol. The average Bonchev–Trinajstić information content (AvgIpc) is 3.51. The Labute approximate surface area is 234 Å². The number of allylic oxidation sites excluding steroid dienone is 1. The number of carbonyl (C=O) groups excluding carboxylic acids is 2. The van der Waals surface area contributed by atoms with Crippen LogP contribution in [0.1, 0.15) is 55.0 Å². The van der Waals surface area contributed by atoms with Crippen molar-refractivity contribution in [2.24, 2.45) is 7.05 Å². The molecule has 9 nitrogen and oxygen atoms in total. The van der Waals surface area contributed by atoms with Crippen LogP contribution in [0.4, 0.5) is 4.79 Å². The number of hydrogen-bond acceptors (Lipinski definition) is 6. The minimum absolute atomic E-state index is 0.0372. The summed E-state index contributed by atoms with van der Waals surface area (Å²) in [7, 11) is 5.28. The first-order chi connectivity index (χ1) is 18.7. The zero-order valence-electron chi connectivity index (χ0n) is 23.6. The number of likely N-dealkylation sites (tertiary alicyclic amines) is 1. The highest BCUT2D eigenvalue weighted by Crippen LogP contribution is 2.49. The molecule has 2 aromatic rings. The van der Waals surface area contributed by atoms with Crippen LogP contribution in [0.25, 0.3) is 0 Å². The molecule has 39 heavy (non-hydrogen) atoms. The molecule has 4 aliphatic heterocycles. The number of benzene rings is 1. The van der Waals surface area contributed by atoms with Crippen molar-refractivity contribution >= 4 is 23.7 Å². The van der Waals surface area contributed by atoms with E-state index >= 15 is 0 Å². The SMILES string of the molecule is CCN1C(=O)N2Cc3cc(OC)cc(OC)c3[C@H](C)C=C2C12CCN(C(=O)C1Cc3c(C)nn(C)c3S1)CC2. The van der Waals surface area contributed by atoms with E-state index in [0.29, 0.717) is 26.2 Å². The molecule has 10 heteroatoms. The molecule has 4 aliphatic rings. The summed E-state index contributed by atoms with van der Waals surface area (Å²) >= 11 is 1.64. The van der Waals surface area contributed by atoms with Crippen molar-refractivity contribution in [3.63, 3.8) is 0 Å². The third-order valence-corrected chi connectivity index (χ3v) is 10.4. The molecule has 3 amide bonds. The molecule has 0 aliphatic carbocycles. The molecule has 6 rings (SSSR count). The number of aromatic nitrogens is 2. The monoisotopic (exact) mass is 551 g/mol. The Balaban J connectivity index is 1.27. The summed E-state index contributed by atoms with van der Waals surface area (Å²) in [6, 6.07) is 3.98. The van der Waals surface area contributed by atoms with Gasteiger partial charge in [0.05, 0.1) is 42.3 Å². The fraction of sp³-hybridized carbons (Fsp3) is 0.552. The third-order valence-electron chi connectivity index (χ3n) is 9.02. The molecular weight excluding hydrogens is 514 g/mol. The Kier molecular flexibility index (Phi) is 6.36. The minimum Gasteiger partial charge on any atom is -0.497 e. The van der Waals surface area contributed by atoms with Crippen LogP contribution >= 0.6 is 11.8 Å². The summed E-state index contributed by atoms with van der Waals surface area (Å²) in [5, 5.41) is 5.51. The molecule has 2 saturated heterocycles. The van der Waals surface area contributed by atoms with Gasteiger partial charge >= 0.3 is 6.03 Å². The molecule has 5 heterocycles. The van der Waals surface area contributed by atoms with Gasteiger partial charge in [0.2, 0.25) is 5.91 Å². The van der Waals surface area contributed by atoms with E-state index in [-0.39, 0.29) is 23.1 Å². The lowest BCUT2D eigenvalue weighted by molar-refractivity contribution is -0.132. The normalized spacial score (nSPS) is 23.4. The van der Waals surface area contributed by atoms with Crippen LogP contribution in [0, 0.1) is 6.92 Å². The number of methoxy groups -OCH3 is 2. The van der Waals surface area contributed by atoms with Gasteiger partial charge in [-0.1, -0.05) is 24.8 Å². The number of carbonyl (C=O) groups is 2. The molecule has 2 atom stereocenters. The highest BCUT2D eigenvalue weighted by atomic mass is 32.2. The van der Waals surface area contributed by atoms with Crippen LogP contribution in [-0.2, 0) is 24.8 Å². The molecule has 0 saturated carbocycles.